The van der Waals surface area contributed by atoms with Crippen molar-refractivity contribution in [2.75, 3.05) is 26.0 Å². The highest BCUT2D eigenvalue weighted by molar-refractivity contribution is 5.88. The predicted octanol–water partition coefficient (Wildman–Crippen LogP) is 3.87. The van der Waals surface area contributed by atoms with Gasteiger partial charge in [-0.3, -0.25) is 4.79 Å². The summed E-state index contributed by atoms with van der Waals surface area (Å²) in [5.74, 6) is 1.05. The van der Waals surface area contributed by atoms with Crippen LogP contribution in [0, 0.1) is 0 Å². The molecule has 2 heterocycles. The Kier molecular flexibility index (Phi) is 5.63. The fourth-order valence-electron chi connectivity index (χ4n) is 3.40. The highest BCUT2D eigenvalue weighted by Crippen LogP contribution is 2.26. The molecule has 154 valence electrons. The number of carbonyl (C=O) groups excluding carboxylic acids is 1. The molecule has 0 saturated heterocycles. The first-order chi connectivity index (χ1) is 14.5. The molecular formula is C23H25N5O2. The number of rotatable bonds is 7. The first-order valence-electron chi connectivity index (χ1n) is 9.92. The molecule has 0 aliphatic rings. The van der Waals surface area contributed by atoms with E-state index in [4.69, 9.17) is 4.52 Å². The average Bonchev–Trinajstić information content (AvgIpc) is 3.34. The second-order valence-corrected chi connectivity index (χ2v) is 7.70. The number of aromatic amines is 1. The summed E-state index contributed by atoms with van der Waals surface area (Å²) in [5.41, 5.74) is 5.10. The van der Waals surface area contributed by atoms with Gasteiger partial charge in [-0.1, -0.05) is 17.3 Å². The van der Waals surface area contributed by atoms with Crippen molar-refractivity contribution in [3.8, 4) is 11.5 Å². The molecule has 1 amide bonds. The van der Waals surface area contributed by atoms with Crippen molar-refractivity contribution in [3.63, 3.8) is 0 Å². The van der Waals surface area contributed by atoms with Gasteiger partial charge in [0.05, 0.1) is 0 Å². The average molecular weight is 403 g/mol. The summed E-state index contributed by atoms with van der Waals surface area (Å²) in [6, 6.07) is 13.8. The molecule has 30 heavy (non-hydrogen) atoms. The lowest BCUT2D eigenvalue weighted by molar-refractivity contribution is -0.114. The van der Waals surface area contributed by atoms with E-state index in [0.717, 1.165) is 35.3 Å². The molecule has 0 aliphatic carbocycles. The van der Waals surface area contributed by atoms with Gasteiger partial charge in [0.25, 0.3) is 5.89 Å². The van der Waals surface area contributed by atoms with Gasteiger partial charge in [-0.15, -0.1) is 0 Å². The third-order valence-electron chi connectivity index (χ3n) is 4.95. The van der Waals surface area contributed by atoms with Gasteiger partial charge < -0.3 is 19.7 Å². The summed E-state index contributed by atoms with van der Waals surface area (Å²) in [4.78, 5) is 21.2. The molecule has 0 atom stereocenters. The van der Waals surface area contributed by atoms with Crippen molar-refractivity contribution in [2.24, 2.45) is 0 Å². The van der Waals surface area contributed by atoms with Gasteiger partial charge in [0, 0.05) is 48.2 Å². The van der Waals surface area contributed by atoms with Crippen LogP contribution >= 0.6 is 0 Å². The molecule has 2 aromatic heterocycles. The summed E-state index contributed by atoms with van der Waals surface area (Å²) < 4.78 is 5.53. The van der Waals surface area contributed by atoms with Crippen molar-refractivity contribution < 1.29 is 9.32 Å². The number of amides is 1. The Bertz CT molecular complexity index is 1160. The molecule has 4 aromatic rings. The van der Waals surface area contributed by atoms with E-state index in [1.165, 1.54) is 17.9 Å². The van der Waals surface area contributed by atoms with E-state index >= 15 is 0 Å². The molecule has 0 radical (unpaired) electrons. The van der Waals surface area contributed by atoms with Gasteiger partial charge >= 0.3 is 0 Å². The molecule has 0 fully saturated rings. The zero-order valence-corrected chi connectivity index (χ0v) is 17.4. The number of H-pyrrole nitrogens is 1. The Balaban J connectivity index is 1.51. The monoisotopic (exact) mass is 403 g/mol. The number of carbonyl (C=O) groups is 1. The molecule has 0 spiro atoms. The SMILES string of the molecule is CC(=O)Nc1ccc(Cc2noc(-c3ccc4[nH]cc(CCN(C)C)c4c3)n2)cc1. The number of hydrogen-bond acceptors (Lipinski definition) is 5. The second-order valence-electron chi connectivity index (χ2n) is 7.70. The molecule has 0 bridgehead atoms. The predicted molar refractivity (Wildman–Crippen MR) is 117 cm³/mol. The molecular weight excluding hydrogens is 378 g/mol. The third kappa shape index (κ3) is 4.58. The minimum Gasteiger partial charge on any atom is -0.361 e. The maximum atomic E-state index is 11.1. The quantitative estimate of drug-likeness (QED) is 0.489. The van der Waals surface area contributed by atoms with Crippen molar-refractivity contribution in [1.29, 1.82) is 0 Å². The van der Waals surface area contributed by atoms with Crippen LogP contribution in [-0.2, 0) is 17.6 Å². The van der Waals surface area contributed by atoms with Crippen LogP contribution in [0.15, 0.2) is 53.2 Å². The lowest BCUT2D eigenvalue weighted by Gasteiger charge is -2.08. The summed E-state index contributed by atoms with van der Waals surface area (Å²) >= 11 is 0. The van der Waals surface area contributed by atoms with Crippen LogP contribution in [0.25, 0.3) is 22.4 Å². The first-order valence-corrected chi connectivity index (χ1v) is 9.92. The van der Waals surface area contributed by atoms with Crippen LogP contribution < -0.4 is 5.32 Å². The number of likely N-dealkylation sites (N-methyl/N-ethyl adjacent to an activating group) is 1. The zero-order valence-electron chi connectivity index (χ0n) is 17.4. The van der Waals surface area contributed by atoms with E-state index in [9.17, 15) is 4.79 Å². The van der Waals surface area contributed by atoms with Gasteiger partial charge in [-0.25, -0.2) is 0 Å². The van der Waals surface area contributed by atoms with Gasteiger partial charge in [0.1, 0.15) is 0 Å². The molecule has 7 heteroatoms. The molecule has 0 aliphatic heterocycles. The van der Waals surface area contributed by atoms with Crippen LogP contribution in [0.2, 0.25) is 0 Å². The largest absolute Gasteiger partial charge is 0.361 e. The standard InChI is InChI=1S/C23H25N5O2/c1-15(29)25-19-7-4-16(5-8-19)12-22-26-23(30-27-22)17-6-9-21-20(13-17)18(14-24-21)10-11-28(2)3/h4-9,13-14,24H,10-12H2,1-3H3,(H,25,29). The topological polar surface area (TPSA) is 87.0 Å². The van der Waals surface area contributed by atoms with E-state index in [0.29, 0.717) is 18.1 Å². The molecule has 0 unspecified atom stereocenters. The first kappa shape index (κ1) is 19.8. The van der Waals surface area contributed by atoms with E-state index in [-0.39, 0.29) is 5.91 Å². The lowest BCUT2D eigenvalue weighted by Crippen LogP contribution is -2.14. The summed E-state index contributed by atoms with van der Waals surface area (Å²) in [7, 11) is 4.15. The van der Waals surface area contributed by atoms with Crippen LogP contribution in [0.1, 0.15) is 23.9 Å². The number of hydrogen-bond donors (Lipinski definition) is 2. The number of nitrogens with one attached hydrogen (secondary N) is 2. The Morgan fingerprint density at radius 2 is 1.97 bits per heavy atom. The van der Waals surface area contributed by atoms with E-state index in [1.54, 1.807) is 0 Å². The van der Waals surface area contributed by atoms with Crippen LogP contribution in [0.3, 0.4) is 0 Å². The van der Waals surface area contributed by atoms with Gasteiger partial charge in [-0.2, -0.15) is 4.98 Å². The molecule has 0 saturated carbocycles. The van der Waals surface area contributed by atoms with E-state index in [1.807, 2.05) is 30.3 Å². The third-order valence-corrected chi connectivity index (χ3v) is 4.95. The highest BCUT2D eigenvalue weighted by Gasteiger charge is 2.12. The Morgan fingerprint density at radius 3 is 2.70 bits per heavy atom. The summed E-state index contributed by atoms with van der Waals surface area (Å²) in [6.45, 7) is 2.48. The van der Waals surface area contributed by atoms with Gasteiger partial charge in [-0.05, 0) is 62.0 Å². The fourth-order valence-corrected chi connectivity index (χ4v) is 3.40. The Hall–Kier alpha value is -3.45. The summed E-state index contributed by atoms with van der Waals surface area (Å²) in [6.07, 6.45) is 3.60. The van der Waals surface area contributed by atoms with Gasteiger partial charge in [0.2, 0.25) is 5.91 Å². The number of benzene rings is 2. The molecule has 7 nitrogen and oxygen atoms in total. The van der Waals surface area contributed by atoms with Crippen molar-refractivity contribution in [3.05, 3.63) is 65.6 Å². The molecule has 4 rings (SSSR count). The van der Waals surface area contributed by atoms with Crippen molar-refractivity contribution in [2.45, 2.75) is 19.8 Å². The van der Waals surface area contributed by atoms with Crippen molar-refractivity contribution in [1.82, 2.24) is 20.0 Å². The zero-order chi connectivity index (χ0) is 21.1. The minimum atomic E-state index is -0.0881. The van der Waals surface area contributed by atoms with Crippen LogP contribution in [-0.4, -0.2) is 46.6 Å². The second kappa shape index (κ2) is 8.51. The van der Waals surface area contributed by atoms with E-state index < -0.39 is 0 Å². The number of aromatic nitrogens is 3. The van der Waals surface area contributed by atoms with Gasteiger partial charge in [0.15, 0.2) is 5.82 Å². The van der Waals surface area contributed by atoms with Crippen LogP contribution in [0.4, 0.5) is 5.69 Å². The number of nitrogens with zero attached hydrogens (tertiary/aromatic N) is 3. The van der Waals surface area contributed by atoms with Crippen molar-refractivity contribution >= 4 is 22.5 Å². The highest BCUT2D eigenvalue weighted by atomic mass is 16.5. The maximum absolute atomic E-state index is 11.1. The normalized spacial score (nSPS) is 11.3. The number of anilines is 1. The van der Waals surface area contributed by atoms with Crippen LogP contribution in [0.5, 0.6) is 0 Å². The Morgan fingerprint density at radius 1 is 1.17 bits per heavy atom. The van der Waals surface area contributed by atoms with E-state index in [2.05, 4.69) is 57.8 Å². The molecule has 2 aromatic carbocycles. The lowest BCUT2D eigenvalue weighted by atomic mass is 10.1. The minimum absolute atomic E-state index is 0.0881. The Labute approximate surface area is 175 Å². The maximum Gasteiger partial charge on any atom is 0.257 e. The fraction of sp³-hybridized carbons (Fsp3) is 0.261. The number of fused-ring (bicyclic) bond motifs is 1. The smallest absolute Gasteiger partial charge is 0.257 e. The summed E-state index contributed by atoms with van der Waals surface area (Å²) in [5, 5.41) is 8.08. The molecule has 2 N–H and O–H groups in total.